The molecule has 1 fully saturated rings. The van der Waals surface area contributed by atoms with E-state index < -0.39 is 15.9 Å². The molecule has 0 aromatic heterocycles. The molecule has 2 atom stereocenters. The molecule has 2 aromatic carbocycles. The van der Waals surface area contributed by atoms with E-state index >= 15 is 0 Å². The summed E-state index contributed by atoms with van der Waals surface area (Å²) in [5, 5.41) is 0.599. The van der Waals surface area contributed by atoms with Gasteiger partial charge < -0.3 is 10.5 Å². The molecule has 1 amide bonds. The number of hydrogen-bond donors (Lipinski definition) is 1. The van der Waals surface area contributed by atoms with Gasteiger partial charge in [-0.15, -0.1) is 0 Å². The summed E-state index contributed by atoms with van der Waals surface area (Å²) in [6.07, 6.45) is 2.13. The number of ether oxygens (including phenoxy) is 1. The van der Waals surface area contributed by atoms with E-state index in [-0.39, 0.29) is 29.9 Å². The van der Waals surface area contributed by atoms with E-state index in [9.17, 15) is 13.2 Å². The van der Waals surface area contributed by atoms with Crippen LogP contribution in [0.3, 0.4) is 0 Å². The maximum atomic E-state index is 13.1. The highest BCUT2D eigenvalue weighted by Gasteiger charge is 2.37. The number of piperidine rings is 1. The molecule has 162 valence electrons. The van der Waals surface area contributed by atoms with Crippen LogP contribution in [0.5, 0.6) is 5.75 Å². The summed E-state index contributed by atoms with van der Waals surface area (Å²) in [5.74, 6) is -0.185. The van der Waals surface area contributed by atoms with Crippen LogP contribution in [0.15, 0.2) is 53.4 Å². The lowest BCUT2D eigenvalue weighted by atomic mass is 9.92. The average Bonchev–Trinajstić information content (AvgIpc) is 2.71. The Morgan fingerprint density at radius 2 is 1.83 bits per heavy atom. The van der Waals surface area contributed by atoms with Gasteiger partial charge >= 0.3 is 0 Å². The highest BCUT2D eigenvalue weighted by atomic mass is 35.5. The Morgan fingerprint density at radius 1 is 1.17 bits per heavy atom. The maximum Gasteiger partial charge on any atom is 0.243 e. The smallest absolute Gasteiger partial charge is 0.243 e. The number of hydrogen-bond acceptors (Lipinski definition) is 4. The van der Waals surface area contributed by atoms with E-state index in [0.717, 1.165) is 18.4 Å². The Balaban J connectivity index is 1.76. The van der Waals surface area contributed by atoms with Crippen LogP contribution in [0.25, 0.3) is 0 Å². The molecule has 6 nitrogen and oxygen atoms in total. The van der Waals surface area contributed by atoms with Gasteiger partial charge in [-0.2, -0.15) is 4.31 Å². The second-order valence-electron chi connectivity index (χ2n) is 7.59. The zero-order chi connectivity index (χ0) is 21.7. The van der Waals surface area contributed by atoms with Crippen LogP contribution < -0.4 is 10.5 Å². The number of nitrogens with zero attached hydrogens (tertiary/aromatic N) is 1. The number of sulfonamides is 1. The summed E-state index contributed by atoms with van der Waals surface area (Å²) in [4.78, 5) is 11.9. The van der Waals surface area contributed by atoms with Gasteiger partial charge in [0.25, 0.3) is 0 Å². The molecule has 0 saturated carbocycles. The Labute approximate surface area is 183 Å². The average molecular weight is 451 g/mol. The van der Waals surface area contributed by atoms with Crippen molar-refractivity contribution in [1.29, 1.82) is 0 Å². The van der Waals surface area contributed by atoms with Crippen molar-refractivity contribution in [2.24, 2.45) is 11.7 Å². The first-order valence-corrected chi connectivity index (χ1v) is 11.9. The van der Waals surface area contributed by atoms with E-state index in [2.05, 4.69) is 6.92 Å². The molecule has 8 heteroatoms. The number of nitrogens with two attached hydrogens (primary N) is 1. The summed E-state index contributed by atoms with van der Waals surface area (Å²) in [5.41, 5.74) is 6.54. The van der Waals surface area contributed by atoms with Crippen LogP contribution >= 0.6 is 11.6 Å². The summed E-state index contributed by atoms with van der Waals surface area (Å²) in [6.45, 7) is 2.58. The number of carbonyl (C=O) groups excluding carboxylic acids is 1. The Bertz CT molecular complexity index is 962. The van der Waals surface area contributed by atoms with E-state index in [1.807, 2.05) is 12.1 Å². The third-order valence-corrected chi connectivity index (χ3v) is 7.42. The lowest BCUT2D eigenvalue weighted by molar-refractivity contribution is -0.120. The molecule has 0 radical (unpaired) electrons. The molecule has 2 N–H and O–H groups in total. The monoisotopic (exact) mass is 450 g/mol. The van der Waals surface area contributed by atoms with Crippen molar-refractivity contribution in [2.75, 3.05) is 13.1 Å². The molecule has 1 aliphatic rings. The Kier molecular flexibility index (Phi) is 7.39. The van der Waals surface area contributed by atoms with Crippen LogP contribution in [0.2, 0.25) is 5.02 Å². The summed E-state index contributed by atoms with van der Waals surface area (Å²) < 4.78 is 33.8. The second kappa shape index (κ2) is 9.81. The van der Waals surface area contributed by atoms with Crippen LogP contribution in [0.4, 0.5) is 0 Å². The van der Waals surface area contributed by atoms with Crippen LogP contribution in [-0.4, -0.2) is 37.8 Å². The first kappa shape index (κ1) is 22.6. The lowest BCUT2D eigenvalue weighted by Gasteiger charge is -2.37. The predicted octanol–water partition coefficient (Wildman–Crippen LogP) is 3.63. The Morgan fingerprint density at radius 3 is 2.43 bits per heavy atom. The van der Waals surface area contributed by atoms with Crippen LogP contribution in [0.1, 0.15) is 31.7 Å². The van der Waals surface area contributed by atoms with Gasteiger partial charge in [-0.1, -0.05) is 37.1 Å². The first-order valence-electron chi connectivity index (χ1n) is 10.1. The quantitative estimate of drug-likeness (QED) is 0.665. The molecule has 2 aromatic rings. The predicted molar refractivity (Wildman–Crippen MR) is 117 cm³/mol. The fraction of sp³-hybridized carbons (Fsp3) is 0.409. The topological polar surface area (TPSA) is 89.7 Å². The van der Waals surface area contributed by atoms with Crippen LogP contribution in [0, 0.1) is 5.92 Å². The Hall–Kier alpha value is -2.09. The molecule has 0 spiro atoms. The van der Waals surface area contributed by atoms with Gasteiger partial charge in [-0.25, -0.2) is 8.42 Å². The second-order valence-corrected chi connectivity index (χ2v) is 9.96. The minimum Gasteiger partial charge on any atom is -0.490 e. The van der Waals surface area contributed by atoms with Gasteiger partial charge in [-0.3, -0.25) is 4.79 Å². The summed E-state index contributed by atoms with van der Waals surface area (Å²) in [7, 11) is -3.66. The van der Waals surface area contributed by atoms with E-state index in [0.29, 0.717) is 23.7 Å². The number of aryl methyl sites for hydroxylation is 1. The van der Waals surface area contributed by atoms with E-state index in [4.69, 9.17) is 22.1 Å². The van der Waals surface area contributed by atoms with Gasteiger partial charge in [0.05, 0.1) is 4.90 Å². The van der Waals surface area contributed by atoms with Crippen molar-refractivity contribution in [3.63, 3.8) is 0 Å². The van der Waals surface area contributed by atoms with Crippen LogP contribution in [-0.2, 0) is 21.2 Å². The zero-order valence-electron chi connectivity index (χ0n) is 17.0. The molecular formula is C22H27ClN2O4S. The number of halogens is 1. The van der Waals surface area contributed by atoms with Crippen molar-refractivity contribution >= 4 is 27.5 Å². The summed E-state index contributed by atoms with van der Waals surface area (Å²) >= 11 is 5.92. The molecule has 30 heavy (non-hydrogen) atoms. The molecule has 0 aliphatic carbocycles. The van der Waals surface area contributed by atoms with E-state index in [1.54, 1.807) is 36.4 Å². The van der Waals surface area contributed by atoms with E-state index in [1.165, 1.54) is 4.31 Å². The van der Waals surface area contributed by atoms with Gasteiger partial charge in [0.15, 0.2) is 0 Å². The van der Waals surface area contributed by atoms with Crippen molar-refractivity contribution in [3.8, 4) is 5.75 Å². The van der Waals surface area contributed by atoms with Crippen molar-refractivity contribution in [3.05, 3.63) is 59.1 Å². The third-order valence-electron chi connectivity index (χ3n) is 5.29. The number of amides is 1. The number of carbonyl (C=O) groups is 1. The largest absolute Gasteiger partial charge is 0.490 e. The highest BCUT2D eigenvalue weighted by Crippen LogP contribution is 2.29. The number of benzene rings is 2. The van der Waals surface area contributed by atoms with Gasteiger partial charge in [0, 0.05) is 30.5 Å². The molecule has 0 unspecified atom stereocenters. The first-order chi connectivity index (χ1) is 14.3. The molecule has 1 heterocycles. The fourth-order valence-electron chi connectivity index (χ4n) is 3.76. The standard InChI is InChI=1S/C22H27ClN2O4S/c1-2-3-16-4-10-20(11-5-16)30(27,28)25-13-12-21(17(15-25)14-22(24)26)29-19-8-6-18(23)7-9-19/h4-11,17,21H,2-3,12-15H2,1H3,(H2,24,26)/t17-,21-/m0/s1. The highest BCUT2D eigenvalue weighted by molar-refractivity contribution is 7.89. The van der Waals surface area contributed by atoms with Gasteiger partial charge in [0.2, 0.25) is 15.9 Å². The molecule has 1 aliphatic heterocycles. The minimum atomic E-state index is -3.66. The molecular weight excluding hydrogens is 424 g/mol. The lowest BCUT2D eigenvalue weighted by Crippen LogP contribution is -2.48. The van der Waals surface area contributed by atoms with Crippen molar-refractivity contribution in [2.45, 2.75) is 43.6 Å². The molecule has 1 saturated heterocycles. The van der Waals surface area contributed by atoms with Gasteiger partial charge in [0.1, 0.15) is 11.9 Å². The van der Waals surface area contributed by atoms with Crippen molar-refractivity contribution in [1.82, 2.24) is 4.31 Å². The normalized spacial score (nSPS) is 20.1. The number of rotatable bonds is 8. The molecule has 0 bridgehead atoms. The number of primary amides is 1. The van der Waals surface area contributed by atoms with Crippen molar-refractivity contribution < 1.29 is 17.9 Å². The fourth-order valence-corrected chi connectivity index (χ4v) is 5.40. The maximum absolute atomic E-state index is 13.1. The zero-order valence-corrected chi connectivity index (χ0v) is 18.5. The molecule has 3 rings (SSSR count). The summed E-state index contributed by atoms with van der Waals surface area (Å²) in [6, 6.07) is 14.0. The minimum absolute atomic E-state index is 0.0553. The third kappa shape index (κ3) is 5.53. The SMILES string of the molecule is CCCc1ccc(S(=O)(=O)N2CC[C@H](Oc3ccc(Cl)cc3)[C@@H](CC(N)=O)C2)cc1. The van der Waals surface area contributed by atoms with Gasteiger partial charge in [-0.05, 0) is 54.8 Å².